The highest BCUT2D eigenvalue weighted by molar-refractivity contribution is 8.00. The van der Waals surface area contributed by atoms with Gasteiger partial charge in [-0.1, -0.05) is 11.8 Å². The lowest BCUT2D eigenvalue weighted by Gasteiger charge is -2.11. The highest BCUT2D eigenvalue weighted by Crippen LogP contribution is 2.19. The van der Waals surface area contributed by atoms with Crippen molar-refractivity contribution in [2.24, 2.45) is 0 Å². The number of aromatic nitrogens is 3. The number of rotatable bonds is 4. The van der Waals surface area contributed by atoms with Gasteiger partial charge in [0.05, 0.1) is 5.25 Å². The van der Waals surface area contributed by atoms with Crippen LogP contribution in [0.1, 0.15) is 12.6 Å². The van der Waals surface area contributed by atoms with Crippen LogP contribution in [-0.4, -0.2) is 26.3 Å². The van der Waals surface area contributed by atoms with E-state index in [2.05, 4.69) is 20.5 Å². The minimum absolute atomic E-state index is 0.266. The predicted molar refractivity (Wildman–Crippen MR) is 77.7 cm³/mol. The Kier molecular flexibility index (Phi) is 4.69. The fraction of sp³-hybridized carbons (Fsp3) is 0.231. The molecule has 1 aromatic heterocycles. The number of hydrogen-bond acceptors (Lipinski definition) is 5. The lowest BCUT2D eigenvalue weighted by atomic mass is 10.3. The van der Waals surface area contributed by atoms with Crippen LogP contribution in [-0.2, 0) is 4.79 Å². The first kappa shape index (κ1) is 15.2. The van der Waals surface area contributed by atoms with E-state index in [0.29, 0.717) is 5.69 Å². The molecule has 110 valence electrons. The molecule has 2 rings (SSSR count). The summed E-state index contributed by atoms with van der Waals surface area (Å²) in [6.45, 7) is 3.22. The van der Waals surface area contributed by atoms with Crippen molar-refractivity contribution in [2.75, 3.05) is 5.32 Å². The summed E-state index contributed by atoms with van der Waals surface area (Å²) in [4.78, 5) is 25.9. The molecule has 0 radical (unpaired) electrons. The molecule has 0 aliphatic heterocycles. The molecule has 1 atom stereocenters. The molecule has 0 saturated heterocycles. The monoisotopic (exact) mass is 308 g/mol. The van der Waals surface area contributed by atoms with E-state index in [4.69, 9.17) is 0 Å². The second kappa shape index (κ2) is 6.49. The van der Waals surface area contributed by atoms with Gasteiger partial charge in [0.1, 0.15) is 11.5 Å². The van der Waals surface area contributed by atoms with Crippen LogP contribution in [0.25, 0.3) is 0 Å². The van der Waals surface area contributed by atoms with E-state index in [0.717, 1.165) is 11.8 Å². The number of benzene rings is 1. The number of thioether (sulfide) groups is 1. The van der Waals surface area contributed by atoms with Crippen LogP contribution in [0.3, 0.4) is 0 Å². The first-order valence-electron chi connectivity index (χ1n) is 6.12. The zero-order valence-corrected chi connectivity index (χ0v) is 12.2. The number of hydrogen-bond donors (Lipinski definition) is 2. The molecule has 0 aliphatic rings. The Labute approximate surface area is 124 Å². The maximum Gasteiger partial charge on any atom is 0.273 e. The third kappa shape index (κ3) is 4.12. The number of nitrogens with one attached hydrogen (secondary N) is 2. The minimum atomic E-state index is -0.497. The predicted octanol–water partition coefficient (Wildman–Crippen LogP) is 1.73. The Morgan fingerprint density at radius 2 is 2.00 bits per heavy atom. The third-order valence-corrected chi connectivity index (χ3v) is 3.58. The zero-order chi connectivity index (χ0) is 15.4. The van der Waals surface area contributed by atoms with E-state index in [1.54, 1.807) is 13.8 Å². The van der Waals surface area contributed by atoms with Gasteiger partial charge in [-0.05, 0) is 38.1 Å². The Bertz CT molecular complexity index is 702. The van der Waals surface area contributed by atoms with Crippen LogP contribution in [0.2, 0.25) is 0 Å². The molecule has 1 aromatic carbocycles. The molecule has 2 aromatic rings. The van der Waals surface area contributed by atoms with Gasteiger partial charge in [-0.2, -0.15) is 0 Å². The van der Waals surface area contributed by atoms with E-state index in [1.807, 2.05) is 0 Å². The second-order valence-electron chi connectivity index (χ2n) is 4.30. The fourth-order valence-electron chi connectivity index (χ4n) is 1.43. The van der Waals surface area contributed by atoms with Crippen LogP contribution in [0.15, 0.2) is 34.2 Å². The molecular formula is C13H13FN4O2S. The number of carbonyl (C=O) groups excluding carboxylic acids is 1. The van der Waals surface area contributed by atoms with Gasteiger partial charge in [0, 0.05) is 5.69 Å². The molecule has 6 nitrogen and oxygen atoms in total. The highest BCUT2D eigenvalue weighted by Gasteiger charge is 2.16. The molecule has 8 heteroatoms. The van der Waals surface area contributed by atoms with Gasteiger partial charge in [0.2, 0.25) is 5.91 Å². The molecular weight excluding hydrogens is 295 g/mol. The van der Waals surface area contributed by atoms with E-state index in [1.165, 1.54) is 24.3 Å². The summed E-state index contributed by atoms with van der Waals surface area (Å²) in [6.07, 6.45) is 0. The summed E-state index contributed by atoms with van der Waals surface area (Å²) in [6, 6.07) is 5.46. The van der Waals surface area contributed by atoms with Crippen molar-refractivity contribution in [1.82, 2.24) is 15.2 Å². The molecule has 1 unspecified atom stereocenters. The summed E-state index contributed by atoms with van der Waals surface area (Å²) in [7, 11) is 0. The Morgan fingerprint density at radius 3 is 2.62 bits per heavy atom. The van der Waals surface area contributed by atoms with Crippen molar-refractivity contribution in [3.63, 3.8) is 0 Å². The van der Waals surface area contributed by atoms with Crippen molar-refractivity contribution in [3.05, 3.63) is 46.1 Å². The summed E-state index contributed by atoms with van der Waals surface area (Å²) in [5.41, 5.74) is 0.429. The maximum absolute atomic E-state index is 12.8. The standard InChI is InChI=1S/C13H13FN4O2S/c1-7-11(19)16-13(18-17-7)21-8(2)12(20)15-10-5-3-9(14)4-6-10/h3-6,8H,1-2H3,(H,15,20)(H,16,18,19). The molecule has 0 spiro atoms. The van der Waals surface area contributed by atoms with Gasteiger partial charge in [0.25, 0.3) is 5.56 Å². The number of aryl methyl sites for hydroxylation is 1. The number of halogens is 1. The zero-order valence-electron chi connectivity index (χ0n) is 11.4. The summed E-state index contributed by atoms with van der Waals surface area (Å²) >= 11 is 1.08. The van der Waals surface area contributed by atoms with Gasteiger partial charge in [-0.15, -0.1) is 10.2 Å². The number of carbonyl (C=O) groups is 1. The van der Waals surface area contributed by atoms with E-state index in [9.17, 15) is 14.0 Å². The quantitative estimate of drug-likeness (QED) is 0.840. The molecule has 1 amide bonds. The third-order valence-electron chi connectivity index (χ3n) is 2.61. The average Bonchev–Trinajstić information content (AvgIpc) is 2.45. The van der Waals surface area contributed by atoms with Crippen LogP contribution >= 0.6 is 11.8 Å². The number of aromatic amines is 1. The number of H-pyrrole nitrogens is 1. The molecule has 21 heavy (non-hydrogen) atoms. The smallest absolute Gasteiger partial charge is 0.273 e. The average molecular weight is 308 g/mol. The Morgan fingerprint density at radius 1 is 1.33 bits per heavy atom. The second-order valence-corrected chi connectivity index (χ2v) is 5.63. The summed E-state index contributed by atoms with van der Waals surface area (Å²) in [5, 5.41) is 9.93. The lowest BCUT2D eigenvalue weighted by Crippen LogP contribution is -2.23. The minimum Gasteiger partial charge on any atom is -0.325 e. The molecule has 0 bridgehead atoms. The van der Waals surface area contributed by atoms with Gasteiger partial charge >= 0.3 is 0 Å². The number of anilines is 1. The van der Waals surface area contributed by atoms with Gasteiger partial charge in [-0.25, -0.2) is 4.39 Å². The van der Waals surface area contributed by atoms with Crippen LogP contribution in [0.4, 0.5) is 10.1 Å². The molecule has 0 saturated carbocycles. The number of amides is 1. The van der Waals surface area contributed by atoms with Crippen LogP contribution in [0.5, 0.6) is 0 Å². The summed E-state index contributed by atoms with van der Waals surface area (Å²) < 4.78 is 12.8. The van der Waals surface area contributed by atoms with Crippen molar-refractivity contribution in [1.29, 1.82) is 0 Å². The normalized spacial score (nSPS) is 12.0. The Hall–Kier alpha value is -2.22. The van der Waals surface area contributed by atoms with Gasteiger partial charge in [-0.3, -0.25) is 14.6 Å². The lowest BCUT2D eigenvalue weighted by molar-refractivity contribution is -0.115. The van der Waals surface area contributed by atoms with Crippen LogP contribution < -0.4 is 10.9 Å². The first-order valence-corrected chi connectivity index (χ1v) is 7.00. The molecule has 2 N–H and O–H groups in total. The number of nitrogens with zero attached hydrogens (tertiary/aromatic N) is 2. The first-order chi connectivity index (χ1) is 9.95. The largest absolute Gasteiger partial charge is 0.325 e. The van der Waals surface area contributed by atoms with Crippen molar-refractivity contribution in [3.8, 4) is 0 Å². The van der Waals surface area contributed by atoms with Gasteiger partial charge < -0.3 is 5.32 Å². The summed E-state index contributed by atoms with van der Waals surface area (Å²) in [5.74, 6) is -0.655. The van der Waals surface area contributed by atoms with Crippen molar-refractivity contribution >= 4 is 23.4 Å². The maximum atomic E-state index is 12.8. The van der Waals surface area contributed by atoms with E-state index < -0.39 is 5.25 Å². The molecule has 0 fully saturated rings. The molecule has 0 aliphatic carbocycles. The van der Waals surface area contributed by atoms with E-state index >= 15 is 0 Å². The van der Waals surface area contributed by atoms with Crippen LogP contribution in [0, 0.1) is 12.7 Å². The Balaban J connectivity index is 2.00. The topological polar surface area (TPSA) is 87.7 Å². The van der Waals surface area contributed by atoms with Crippen molar-refractivity contribution in [2.45, 2.75) is 24.3 Å². The molecule has 1 heterocycles. The fourth-order valence-corrected chi connectivity index (χ4v) is 2.17. The van der Waals surface area contributed by atoms with Crippen molar-refractivity contribution < 1.29 is 9.18 Å². The highest BCUT2D eigenvalue weighted by atomic mass is 32.2. The SMILES string of the molecule is Cc1nnc(SC(C)C(=O)Nc2ccc(F)cc2)[nH]c1=O. The van der Waals surface area contributed by atoms with Gasteiger partial charge in [0.15, 0.2) is 5.16 Å². The van der Waals surface area contributed by atoms with E-state index in [-0.39, 0.29) is 28.1 Å².